The number of benzene rings is 2. The Kier molecular flexibility index (Phi) is 10.5. The molecule has 4 heterocycles. The number of piperazine rings is 1. The molecule has 8 aliphatic rings. The maximum absolute atomic E-state index is 15.3. The lowest BCUT2D eigenvalue weighted by molar-refractivity contribution is -0.384. The molecule has 336 valence electrons. The molecular weight excluding hydrogens is 826 g/mol. The van der Waals surface area contributed by atoms with E-state index in [1.807, 2.05) is 17.7 Å². The van der Waals surface area contributed by atoms with Crippen LogP contribution in [0.4, 0.5) is 27.3 Å². The summed E-state index contributed by atoms with van der Waals surface area (Å²) in [5, 5.41) is 18.2. The monoisotopic (exact) mass is 883 g/mol. The van der Waals surface area contributed by atoms with Crippen LogP contribution in [0.15, 0.2) is 64.7 Å². The van der Waals surface area contributed by atoms with Crippen LogP contribution in [0.2, 0.25) is 0 Å². The molecule has 0 radical (unpaired) electrons. The number of nitrogens with one attached hydrogen (secondary N) is 3. The van der Waals surface area contributed by atoms with Crippen molar-refractivity contribution in [2.45, 2.75) is 101 Å². The molecule has 1 aromatic heterocycles. The summed E-state index contributed by atoms with van der Waals surface area (Å²) in [5.74, 6) is 0.545. The minimum Gasteiger partial charge on any atom is -0.455 e. The van der Waals surface area contributed by atoms with E-state index in [0.29, 0.717) is 22.0 Å². The Morgan fingerprint density at radius 1 is 1.05 bits per heavy atom. The number of carbonyl (C=O) groups is 1. The number of carbonyl (C=O) groups excluding carboxylic acids is 1. The average molecular weight is 884 g/mol. The number of fused-ring (bicyclic) bond motifs is 1. The second kappa shape index (κ2) is 15.7. The molecule has 63 heavy (non-hydrogen) atoms. The third kappa shape index (κ3) is 8.04. The number of nitro groups is 1. The van der Waals surface area contributed by atoms with E-state index in [4.69, 9.17) is 9.47 Å². The number of nitrogens with zero attached hydrogens (tertiary/aromatic N) is 4. The van der Waals surface area contributed by atoms with Crippen LogP contribution in [0, 0.1) is 26.4 Å². The molecular formula is C47H58FN7O7S. The summed E-state index contributed by atoms with van der Waals surface area (Å²) >= 11 is 0. The number of alkyl halides is 1. The van der Waals surface area contributed by atoms with Crippen LogP contribution in [-0.4, -0.2) is 93.8 Å². The normalized spacial score (nSPS) is 27.0. The fourth-order valence-electron chi connectivity index (χ4n) is 11.9. The number of allylic oxidation sites excluding steroid dienone is 1. The lowest BCUT2D eigenvalue weighted by atomic mass is 9.32. The fraction of sp³-hybridized carbons (Fsp3) is 0.574. The van der Waals surface area contributed by atoms with Gasteiger partial charge in [0.25, 0.3) is 21.6 Å². The Labute approximate surface area is 368 Å². The van der Waals surface area contributed by atoms with E-state index in [1.165, 1.54) is 63.9 Å². The highest BCUT2D eigenvalue weighted by Gasteiger charge is 2.67. The molecule has 1 unspecified atom stereocenters. The first-order chi connectivity index (χ1) is 30.1. The topological polar surface area (TPSA) is 168 Å². The summed E-state index contributed by atoms with van der Waals surface area (Å²) in [6.45, 7) is 9.94. The Hall–Kier alpha value is -4.80. The molecule has 3 aromatic rings. The van der Waals surface area contributed by atoms with E-state index < -0.39 is 37.1 Å². The van der Waals surface area contributed by atoms with Gasteiger partial charge >= 0.3 is 0 Å². The number of hydrogen-bond acceptors (Lipinski definition) is 12. The van der Waals surface area contributed by atoms with Crippen molar-refractivity contribution in [2.24, 2.45) is 16.2 Å². The molecule has 2 aromatic carbocycles. The zero-order chi connectivity index (χ0) is 43.8. The first-order valence-corrected chi connectivity index (χ1v) is 24.2. The lowest BCUT2D eigenvalue weighted by Gasteiger charge is -2.72. The van der Waals surface area contributed by atoms with Crippen LogP contribution in [-0.2, 0) is 14.8 Å². The summed E-state index contributed by atoms with van der Waals surface area (Å²) in [5.41, 5.74) is 4.72. The predicted octanol–water partition coefficient (Wildman–Crippen LogP) is 8.32. The van der Waals surface area contributed by atoms with Gasteiger partial charge in [0.1, 0.15) is 28.7 Å². The number of anilines is 3. The minimum absolute atomic E-state index is 0.0337. The van der Waals surface area contributed by atoms with E-state index in [0.717, 1.165) is 68.5 Å². The highest BCUT2D eigenvalue weighted by Crippen LogP contribution is 2.78. The smallest absolute Gasteiger partial charge is 0.293 e. The van der Waals surface area contributed by atoms with Crippen LogP contribution in [0.1, 0.15) is 106 Å². The number of rotatable bonds is 13. The van der Waals surface area contributed by atoms with Gasteiger partial charge in [-0.1, -0.05) is 31.4 Å². The molecule has 11 rings (SSSR count). The van der Waals surface area contributed by atoms with Gasteiger partial charge in [-0.2, -0.15) is 0 Å². The largest absolute Gasteiger partial charge is 0.455 e. The van der Waals surface area contributed by atoms with Gasteiger partial charge in [-0.3, -0.25) is 19.8 Å². The zero-order valence-electron chi connectivity index (χ0n) is 36.3. The van der Waals surface area contributed by atoms with Gasteiger partial charge in [0.2, 0.25) is 0 Å². The Morgan fingerprint density at radius 2 is 1.81 bits per heavy atom. The van der Waals surface area contributed by atoms with Gasteiger partial charge in [-0.15, -0.1) is 0 Å². The molecule has 4 saturated carbocycles. The molecule has 2 bridgehead atoms. The maximum atomic E-state index is 15.3. The van der Waals surface area contributed by atoms with Crippen LogP contribution >= 0.6 is 0 Å². The highest BCUT2D eigenvalue weighted by molar-refractivity contribution is 7.90. The summed E-state index contributed by atoms with van der Waals surface area (Å²) in [6.07, 6.45) is 14.0. The molecule has 3 aliphatic heterocycles. The fourth-order valence-corrected chi connectivity index (χ4v) is 12.9. The molecule has 5 aliphatic carbocycles. The molecule has 16 heteroatoms. The van der Waals surface area contributed by atoms with Gasteiger partial charge in [0.05, 0.1) is 21.6 Å². The van der Waals surface area contributed by atoms with Crippen molar-refractivity contribution >= 4 is 38.8 Å². The van der Waals surface area contributed by atoms with Gasteiger partial charge in [-0.25, -0.2) is 22.5 Å². The third-order valence-electron chi connectivity index (χ3n) is 15.6. The van der Waals surface area contributed by atoms with Crippen LogP contribution < -0.4 is 25.0 Å². The van der Waals surface area contributed by atoms with E-state index in [1.54, 1.807) is 23.9 Å². The van der Waals surface area contributed by atoms with Crippen molar-refractivity contribution in [3.05, 3.63) is 81.0 Å². The summed E-state index contributed by atoms with van der Waals surface area (Å²) in [6, 6.07) is 10.3. The van der Waals surface area contributed by atoms with Crippen LogP contribution in [0.5, 0.6) is 11.5 Å². The van der Waals surface area contributed by atoms with Gasteiger partial charge in [0.15, 0.2) is 0 Å². The number of sulfonamides is 1. The average Bonchev–Trinajstić information content (AvgIpc) is 3.60. The highest BCUT2D eigenvalue weighted by atomic mass is 32.2. The van der Waals surface area contributed by atoms with Crippen LogP contribution in [0.25, 0.3) is 0 Å². The lowest BCUT2D eigenvalue weighted by Crippen LogP contribution is -2.62. The number of aromatic nitrogens is 1. The molecule has 2 saturated heterocycles. The number of pyridine rings is 1. The van der Waals surface area contributed by atoms with Crippen molar-refractivity contribution in [1.82, 2.24) is 14.6 Å². The molecule has 1 atom stereocenters. The SMILES string of the molecule is CC1CNc2ncc(Oc3cc(N4CCN(CC5=C(C67CC(C)(C6)C7)CC6(CCC6)CC5)CC4)ccc3C(=O)NS(=O)(=O)c3ccc(NCC4(F)CCOCC4)c([N+](=O)[O-])c3)cc21. The van der Waals surface area contributed by atoms with Crippen molar-refractivity contribution in [3.8, 4) is 11.5 Å². The zero-order valence-corrected chi connectivity index (χ0v) is 37.1. The second-order valence-electron chi connectivity index (χ2n) is 20.2. The third-order valence-corrected chi connectivity index (χ3v) is 16.9. The van der Waals surface area contributed by atoms with E-state index >= 15 is 4.39 Å². The first-order valence-electron chi connectivity index (χ1n) is 22.7. The van der Waals surface area contributed by atoms with Crippen LogP contribution in [0.3, 0.4) is 0 Å². The summed E-state index contributed by atoms with van der Waals surface area (Å²) < 4.78 is 56.4. The molecule has 3 N–H and O–H groups in total. The molecule has 14 nitrogen and oxygen atoms in total. The number of amides is 1. The minimum atomic E-state index is -4.62. The van der Waals surface area contributed by atoms with Gasteiger partial charge in [0, 0.05) is 101 Å². The second-order valence-corrected chi connectivity index (χ2v) is 21.8. The Balaban J connectivity index is 0.864. The maximum Gasteiger partial charge on any atom is 0.293 e. The quantitative estimate of drug-likeness (QED) is 0.0855. The molecule has 1 spiro atoms. The molecule has 6 fully saturated rings. The van der Waals surface area contributed by atoms with Gasteiger partial charge < -0.3 is 25.0 Å². The summed E-state index contributed by atoms with van der Waals surface area (Å²) in [4.78, 5) is 34.3. The van der Waals surface area contributed by atoms with Crippen molar-refractivity contribution < 1.29 is 32.0 Å². The van der Waals surface area contributed by atoms with E-state index in [9.17, 15) is 23.3 Å². The van der Waals surface area contributed by atoms with Crippen molar-refractivity contribution in [3.63, 3.8) is 0 Å². The number of ether oxygens (including phenoxy) is 2. The Bertz CT molecular complexity index is 2460. The number of nitro benzene ring substituents is 1. The van der Waals surface area contributed by atoms with Crippen molar-refractivity contribution in [1.29, 1.82) is 0 Å². The van der Waals surface area contributed by atoms with Gasteiger partial charge in [-0.05, 0) is 97.9 Å². The number of hydrogen-bond donors (Lipinski definition) is 3. The van der Waals surface area contributed by atoms with E-state index in [-0.39, 0.29) is 55.5 Å². The predicted molar refractivity (Wildman–Crippen MR) is 238 cm³/mol. The Morgan fingerprint density at radius 3 is 2.51 bits per heavy atom. The summed E-state index contributed by atoms with van der Waals surface area (Å²) in [7, 11) is -4.62. The first kappa shape index (κ1) is 42.2. The molecule has 1 amide bonds. The van der Waals surface area contributed by atoms with E-state index in [2.05, 4.69) is 44.0 Å². The standard InChI is InChI=1S/C47H58FN7O7S/c1-31-24-49-42-37(31)21-34(25-50-42)62-41-20-33(54-16-14-53(15-17-54)26-32-8-11-45(9-3-10-45)23-38(32)46-27-44(2,28-46)29-46)4-6-36(41)43(56)52-63(59,60)35-5-7-39(40(22-35)55(57)58)51-30-47(48)12-18-61-19-13-47/h4-7,20-22,25,31,51H,3,8-19,23-24,26-30H2,1-2H3,(H,49,50)(H,52,56). The number of halogens is 1. The van der Waals surface area contributed by atoms with Crippen molar-refractivity contribution in [2.75, 3.05) is 74.6 Å².